The van der Waals surface area contributed by atoms with Crippen molar-refractivity contribution in [2.45, 2.75) is 13.0 Å². The molecule has 1 aliphatic heterocycles. The monoisotopic (exact) mass is 356 g/mol. The fraction of sp³-hybridized carbons (Fsp3) is 0.250. The molecule has 2 aromatic carbocycles. The molecule has 0 unspecified atom stereocenters. The van der Waals surface area contributed by atoms with Gasteiger partial charge in [0.25, 0.3) is 5.91 Å². The molecule has 0 radical (unpaired) electrons. The molecule has 0 atom stereocenters. The van der Waals surface area contributed by atoms with Crippen molar-refractivity contribution in [1.82, 2.24) is 10.6 Å². The lowest BCUT2D eigenvalue weighted by Gasteiger charge is -2.14. The number of carbonyl (C=O) groups is 1. The Kier molecular flexibility index (Phi) is 6.09. The van der Waals surface area contributed by atoms with Crippen LogP contribution in [0.1, 0.15) is 22.3 Å². The van der Waals surface area contributed by atoms with Crippen LogP contribution in [-0.4, -0.2) is 25.5 Å². The summed E-state index contributed by atoms with van der Waals surface area (Å²) < 4.78 is 5.77. The fourth-order valence-electron chi connectivity index (χ4n) is 2.60. The van der Waals surface area contributed by atoms with Gasteiger partial charge in [0.15, 0.2) is 0 Å². The summed E-state index contributed by atoms with van der Waals surface area (Å²) in [5.41, 5.74) is 2.89. The zero-order chi connectivity index (χ0) is 17.5. The number of ether oxygens (including phenoxy) is 1. The lowest BCUT2D eigenvalue weighted by Crippen LogP contribution is -2.29. The van der Waals surface area contributed by atoms with Gasteiger partial charge in [-0.2, -0.15) is 0 Å². The van der Waals surface area contributed by atoms with Crippen LogP contribution in [0.3, 0.4) is 0 Å². The number of hydrogen-bond donors (Lipinski definition) is 2. The first kappa shape index (κ1) is 17.5. The van der Waals surface area contributed by atoms with Crippen LogP contribution >= 0.6 is 11.6 Å². The zero-order valence-electron chi connectivity index (χ0n) is 13.9. The highest BCUT2D eigenvalue weighted by molar-refractivity contribution is 6.30. The summed E-state index contributed by atoms with van der Waals surface area (Å²) in [5.74, 6) is 0.583. The van der Waals surface area contributed by atoms with Crippen LogP contribution in [0.2, 0.25) is 5.02 Å². The van der Waals surface area contributed by atoms with Crippen LogP contribution < -0.4 is 15.4 Å². The van der Waals surface area contributed by atoms with Crippen molar-refractivity contribution in [2.24, 2.45) is 0 Å². The highest BCUT2D eigenvalue weighted by atomic mass is 35.5. The summed E-state index contributed by atoms with van der Waals surface area (Å²) in [6.45, 7) is 2.87. The summed E-state index contributed by atoms with van der Waals surface area (Å²) in [6.07, 6.45) is 3.11. The average Bonchev–Trinajstić information content (AvgIpc) is 2.67. The lowest BCUT2D eigenvalue weighted by molar-refractivity contribution is 0.0956. The highest BCUT2D eigenvalue weighted by Gasteiger charge is 2.09. The zero-order valence-corrected chi connectivity index (χ0v) is 14.7. The Morgan fingerprint density at radius 1 is 1.20 bits per heavy atom. The van der Waals surface area contributed by atoms with E-state index in [9.17, 15) is 4.79 Å². The summed E-state index contributed by atoms with van der Waals surface area (Å²) in [6, 6.07) is 14.7. The molecule has 0 saturated heterocycles. The van der Waals surface area contributed by atoms with E-state index in [1.165, 1.54) is 5.57 Å². The third kappa shape index (κ3) is 5.34. The van der Waals surface area contributed by atoms with Gasteiger partial charge >= 0.3 is 0 Å². The normalized spacial score (nSPS) is 13.9. The molecular weight excluding hydrogens is 336 g/mol. The maximum atomic E-state index is 12.3. The van der Waals surface area contributed by atoms with E-state index in [4.69, 9.17) is 16.3 Å². The predicted molar refractivity (Wildman–Crippen MR) is 100 cm³/mol. The van der Waals surface area contributed by atoms with Crippen molar-refractivity contribution in [3.05, 3.63) is 76.3 Å². The molecule has 1 aliphatic rings. The van der Waals surface area contributed by atoms with E-state index in [2.05, 4.69) is 16.7 Å². The summed E-state index contributed by atoms with van der Waals surface area (Å²) in [4.78, 5) is 12.3. The molecule has 5 heteroatoms. The first-order valence-corrected chi connectivity index (χ1v) is 8.72. The molecule has 25 heavy (non-hydrogen) atoms. The van der Waals surface area contributed by atoms with E-state index >= 15 is 0 Å². The van der Waals surface area contributed by atoms with Gasteiger partial charge in [-0.1, -0.05) is 41.4 Å². The van der Waals surface area contributed by atoms with Gasteiger partial charge in [-0.15, -0.1) is 0 Å². The smallest absolute Gasteiger partial charge is 0.251 e. The van der Waals surface area contributed by atoms with Crippen LogP contribution in [0, 0.1) is 0 Å². The summed E-state index contributed by atoms with van der Waals surface area (Å²) >= 11 is 5.88. The number of rotatable bonds is 6. The standard InChI is InChI=1S/C20H21ClN2O2/c21-18-6-4-16(5-7-18)14-25-19-3-1-2-17(12-19)20(24)23-13-15-8-10-22-11-9-15/h1-8,12,22H,9-11,13-14H2,(H,23,24). The molecule has 0 spiro atoms. The van der Waals surface area contributed by atoms with Crippen LogP contribution in [0.5, 0.6) is 5.75 Å². The minimum Gasteiger partial charge on any atom is -0.489 e. The van der Waals surface area contributed by atoms with Crippen molar-refractivity contribution < 1.29 is 9.53 Å². The molecule has 0 saturated carbocycles. The predicted octanol–water partition coefficient (Wildman–Crippen LogP) is 3.57. The number of benzene rings is 2. The van der Waals surface area contributed by atoms with Gasteiger partial charge in [-0.25, -0.2) is 0 Å². The van der Waals surface area contributed by atoms with Gasteiger partial charge in [0.05, 0.1) is 0 Å². The van der Waals surface area contributed by atoms with Crippen LogP contribution in [0.4, 0.5) is 0 Å². The Balaban J connectivity index is 1.55. The second-order valence-corrected chi connectivity index (χ2v) is 6.38. The number of nitrogens with one attached hydrogen (secondary N) is 2. The number of hydrogen-bond acceptors (Lipinski definition) is 3. The third-order valence-corrected chi connectivity index (χ3v) is 4.30. The minimum atomic E-state index is -0.0867. The second-order valence-electron chi connectivity index (χ2n) is 5.94. The Bertz CT molecular complexity index is 757. The SMILES string of the molecule is O=C(NCC1=CCNCC1)c1cccc(OCc2ccc(Cl)cc2)c1. The van der Waals surface area contributed by atoms with Crippen molar-refractivity contribution in [3.63, 3.8) is 0 Å². The fourth-order valence-corrected chi connectivity index (χ4v) is 2.73. The molecule has 1 amide bonds. The van der Waals surface area contributed by atoms with Gasteiger partial charge < -0.3 is 15.4 Å². The lowest BCUT2D eigenvalue weighted by atomic mass is 10.1. The van der Waals surface area contributed by atoms with Crippen molar-refractivity contribution in [1.29, 1.82) is 0 Å². The largest absolute Gasteiger partial charge is 0.489 e. The Morgan fingerprint density at radius 3 is 2.80 bits per heavy atom. The van der Waals surface area contributed by atoms with Gasteiger partial charge in [0, 0.05) is 23.7 Å². The van der Waals surface area contributed by atoms with Gasteiger partial charge in [-0.3, -0.25) is 4.79 Å². The highest BCUT2D eigenvalue weighted by Crippen LogP contribution is 2.16. The van der Waals surface area contributed by atoms with E-state index in [0.717, 1.165) is 25.1 Å². The number of carbonyl (C=O) groups excluding carboxylic acids is 1. The number of amides is 1. The third-order valence-electron chi connectivity index (χ3n) is 4.05. The maximum absolute atomic E-state index is 12.3. The molecule has 2 N–H and O–H groups in total. The van der Waals surface area contributed by atoms with Crippen molar-refractivity contribution in [3.8, 4) is 5.75 Å². The van der Waals surface area contributed by atoms with Crippen molar-refractivity contribution >= 4 is 17.5 Å². The van der Waals surface area contributed by atoms with Gasteiger partial charge in [0.2, 0.25) is 0 Å². The van der Waals surface area contributed by atoms with E-state index in [0.29, 0.717) is 29.5 Å². The molecular formula is C20H21ClN2O2. The minimum absolute atomic E-state index is 0.0867. The molecule has 0 aromatic heterocycles. The molecule has 130 valence electrons. The Hall–Kier alpha value is -2.30. The second kappa shape index (κ2) is 8.70. The van der Waals surface area contributed by atoms with Gasteiger partial charge in [-0.05, 0) is 48.9 Å². The number of halogens is 1. The first-order chi connectivity index (χ1) is 12.2. The van der Waals surface area contributed by atoms with Crippen LogP contribution in [0.25, 0.3) is 0 Å². The van der Waals surface area contributed by atoms with Crippen molar-refractivity contribution in [2.75, 3.05) is 19.6 Å². The van der Waals surface area contributed by atoms with Crippen LogP contribution in [-0.2, 0) is 6.61 Å². The van der Waals surface area contributed by atoms with Gasteiger partial charge in [0.1, 0.15) is 12.4 Å². The maximum Gasteiger partial charge on any atom is 0.251 e. The average molecular weight is 357 g/mol. The van der Waals surface area contributed by atoms with Crippen LogP contribution in [0.15, 0.2) is 60.2 Å². The quantitative estimate of drug-likeness (QED) is 0.778. The van der Waals surface area contributed by atoms with E-state index in [-0.39, 0.29) is 5.91 Å². The van der Waals surface area contributed by atoms with E-state index < -0.39 is 0 Å². The summed E-state index contributed by atoms with van der Waals surface area (Å²) in [5, 5.41) is 6.93. The topological polar surface area (TPSA) is 50.4 Å². The molecule has 4 nitrogen and oxygen atoms in total. The molecule has 0 aliphatic carbocycles. The molecule has 0 fully saturated rings. The Morgan fingerprint density at radius 2 is 2.04 bits per heavy atom. The molecule has 3 rings (SSSR count). The Labute approximate surface area is 152 Å². The molecule has 1 heterocycles. The molecule has 2 aromatic rings. The van der Waals surface area contributed by atoms with E-state index in [1.807, 2.05) is 36.4 Å². The molecule has 0 bridgehead atoms. The first-order valence-electron chi connectivity index (χ1n) is 8.35. The van der Waals surface area contributed by atoms with E-state index in [1.54, 1.807) is 12.1 Å². The summed E-state index contributed by atoms with van der Waals surface area (Å²) in [7, 11) is 0.